The maximum absolute atomic E-state index is 10.3. The summed E-state index contributed by atoms with van der Waals surface area (Å²) < 4.78 is 0. The molecule has 0 radical (unpaired) electrons. The van der Waals surface area contributed by atoms with Crippen LogP contribution in [0.4, 0.5) is 4.79 Å². The highest BCUT2D eigenvalue weighted by Gasteiger charge is 2.33. The number of amides is 2. The van der Waals surface area contributed by atoms with Crippen molar-refractivity contribution in [2.75, 3.05) is 5.88 Å². The Morgan fingerprint density at radius 1 is 2.00 bits per heavy atom. The standard InChI is InChI=1S/C6H11ClN4O2/c1-6(3-7)2-4(11-13-6)9-10-5(8)12/h2-3H2,1H3,(H,9,11)(H3,8,10,12). The van der Waals surface area contributed by atoms with E-state index >= 15 is 0 Å². The van der Waals surface area contributed by atoms with E-state index in [2.05, 4.69) is 16.0 Å². The zero-order chi connectivity index (χ0) is 9.90. The summed E-state index contributed by atoms with van der Waals surface area (Å²) >= 11 is 5.64. The Kier molecular flexibility index (Phi) is 2.94. The first kappa shape index (κ1) is 10.1. The minimum Gasteiger partial charge on any atom is -0.350 e. The number of urea groups is 1. The minimum atomic E-state index is -0.714. The second kappa shape index (κ2) is 3.80. The molecule has 13 heavy (non-hydrogen) atoms. The van der Waals surface area contributed by atoms with Crippen LogP contribution in [0.2, 0.25) is 0 Å². The van der Waals surface area contributed by atoms with E-state index in [0.717, 1.165) is 0 Å². The summed E-state index contributed by atoms with van der Waals surface area (Å²) in [5, 5.41) is 3.66. The molecule has 1 unspecified atom stereocenters. The molecule has 0 aliphatic carbocycles. The highest BCUT2D eigenvalue weighted by molar-refractivity contribution is 6.18. The van der Waals surface area contributed by atoms with Crippen molar-refractivity contribution in [3.63, 3.8) is 0 Å². The number of nitrogens with zero attached hydrogens (tertiary/aromatic N) is 1. The number of alkyl halides is 1. The highest BCUT2D eigenvalue weighted by atomic mass is 35.5. The molecule has 0 spiro atoms. The highest BCUT2D eigenvalue weighted by Crippen LogP contribution is 2.21. The smallest absolute Gasteiger partial charge is 0.332 e. The number of carbonyl (C=O) groups excluding carboxylic acids is 1. The Bertz CT molecular complexity index is 245. The number of hydrogen-bond donors (Lipinski definition) is 3. The number of halogens is 1. The van der Waals surface area contributed by atoms with Crippen molar-refractivity contribution in [2.45, 2.75) is 18.9 Å². The first-order chi connectivity index (χ1) is 6.06. The fourth-order valence-corrected chi connectivity index (χ4v) is 1.02. The first-order valence-corrected chi connectivity index (χ1v) is 4.21. The molecule has 1 aliphatic heterocycles. The normalized spacial score (nSPS) is 30.2. The molecule has 0 aromatic rings. The molecule has 7 heteroatoms. The molecule has 4 N–H and O–H groups in total. The van der Waals surface area contributed by atoms with E-state index in [4.69, 9.17) is 22.2 Å². The Morgan fingerprint density at radius 2 is 2.69 bits per heavy atom. The van der Waals surface area contributed by atoms with Gasteiger partial charge in [0.05, 0.1) is 5.88 Å². The Hall–Kier alpha value is -1.01. The van der Waals surface area contributed by atoms with Gasteiger partial charge in [-0.15, -0.1) is 11.6 Å². The van der Waals surface area contributed by atoms with Crippen LogP contribution in [0.25, 0.3) is 0 Å². The fraction of sp³-hybridized carbons (Fsp3) is 0.667. The van der Waals surface area contributed by atoms with Gasteiger partial charge in [0, 0.05) is 6.42 Å². The number of primary amides is 1. The average Bonchev–Trinajstić information content (AvgIpc) is 2.45. The van der Waals surface area contributed by atoms with Crippen molar-refractivity contribution in [3.05, 3.63) is 0 Å². The van der Waals surface area contributed by atoms with Gasteiger partial charge in [-0.1, -0.05) is 0 Å². The Morgan fingerprint density at radius 3 is 3.15 bits per heavy atom. The van der Waals surface area contributed by atoms with Crippen LogP contribution < -0.4 is 16.6 Å². The molecule has 2 amide bonds. The molecule has 1 rings (SSSR count). The lowest BCUT2D eigenvalue weighted by atomic mass is 10.1. The molecule has 0 bridgehead atoms. The monoisotopic (exact) mass is 206 g/mol. The summed E-state index contributed by atoms with van der Waals surface area (Å²) in [5.41, 5.74) is 8.99. The van der Waals surface area contributed by atoms with Gasteiger partial charge in [0.25, 0.3) is 0 Å². The number of nitrogens with two attached hydrogens (primary N) is 1. The number of hydrazone groups is 1. The summed E-state index contributed by atoms with van der Waals surface area (Å²) in [4.78, 5) is 15.4. The number of nitrogens with one attached hydrogen (secondary N) is 2. The third-order valence-electron chi connectivity index (χ3n) is 1.54. The van der Waals surface area contributed by atoms with Crippen LogP contribution >= 0.6 is 11.6 Å². The second-order valence-electron chi connectivity index (χ2n) is 3.00. The van der Waals surface area contributed by atoms with E-state index < -0.39 is 11.6 Å². The van der Waals surface area contributed by atoms with Crippen molar-refractivity contribution >= 4 is 23.5 Å². The van der Waals surface area contributed by atoms with E-state index in [-0.39, 0.29) is 0 Å². The SMILES string of the molecule is CC1(CCl)CC(=NNC(N)=O)NO1. The van der Waals surface area contributed by atoms with Crippen LogP contribution in [0.1, 0.15) is 13.3 Å². The Labute approximate surface area is 80.4 Å². The van der Waals surface area contributed by atoms with Crippen molar-refractivity contribution in [1.82, 2.24) is 10.9 Å². The van der Waals surface area contributed by atoms with Gasteiger partial charge < -0.3 is 5.73 Å². The zero-order valence-corrected chi connectivity index (χ0v) is 7.89. The molecule has 1 fully saturated rings. The van der Waals surface area contributed by atoms with Crippen LogP contribution in [-0.4, -0.2) is 23.3 Å². The topological polar surface area (TPSA) is 88.7 Å². The molecule has 6 nitrogen and oxygen atoms in total. The molecular formula is C6H11ClN4O2. The van der Waals surface area contributed by atoms with Crippen molar-refractivity contribution in [2.24, 2.45) is 10.8 Å². The third-order valence-corrected chi connectivity index (χ3v) is 2.11. The molecule has 1 aliphatic rings. The van der Waals surface area contributed by atoms with Gasteiger partial charge in [-0.25, -0.2) is 10.2 Å². The number of amidine groups is 1. The van der Waals surface area contributed by atoms with E-state index in [1.165, 1.54) is 0 Å². The summed E-state index contributed by atoms with van der Waals surface area (Å²) in [6, 6.07) is -0.714. The largest absolute Gasteiger partial charge is 0.350 e. The van der Waals surface area contributed by atoms with Gasteiger partial charge >= 0.3 is 6.03 Å². The molecule has 1 saturated heterocycles. The summed E-state index contributed by atoms with van der Waals surface area (Å²) in [5.74, 6) is 0.845. The summed E-state index contributed by atoms with van der Waals surface area (Å²) in [7, 11) is 0. The second-order valence-corrected chi connectivity index (χ2v) is 3.27. The lowest BCUT2D eigenvalue weighted by molar-refractivity contribution is -0.0175. The summed E-state index contributed by atoms with van der Waals surface area (Å²) in [6.45, 7) is 1.83. The quantitative estimate of drug-likeness (QED) is 0.435. The van der Waals surface area contributed by atoms with Gasteiger partial charge in [-0.3, -0.25) is 10.3 Å². The molecule has 0 saturated carbocycles. The van der Waals surface area contributed by atoms with Crippen LogP contribution in [0, 0.1) is 0 Å². The first-order valence-electron chi connectivity index (χ1n) is 3.68. The van der Waals surface area contributed by atoms with E-state index in [1.807, 2.05) is 6.92 Å². The fourth-order valence-electron chi connectivity index (χ4n) is 0.868. The molecule has 0 aromatic heterocycles. The average molecular weight is 207 g/mol. The molecule has 74 valence electrons. The van der Waals surface area contributed by atoms with Gasteiger partial charge in [0.1, 0.15) is 11.4 Å². The lowest BCUT2D eigenvalue weighted by Crippen LogP contribution is -2.27. The summed E-state index contributed by atoms with van der Waals surface area (Å²) in [6.07, 6.45) is 0.511. The lowest BCUT2D eigenvalue weighted by Gasteiger charge is -2.15. The van der Waals surface area contributed by atoms with Crippen LogP contribution in [0.3, 0.4) is 0 Å². The molecular weight excluding hydrogens is 196 g/mol. The molecule has 0 aromatic carbocycles. The third kappa shape index (κ3) is 2.74. The maximum atomic E-state index is 10.3. The van der Waals surface area contributed by atoms with Gasteiger partial charge in [0.2, 0.25) is 0 Å². The van der Waals surface area contributed by atoms with Crippen LogP contribution in [0.5, 0.6) is 0 Å². The maximum Gasteiger partial charge on any atom is 0.332 e. The molecule has 1 atom stereocenters. The predicted molar refractivity (Wildman–Crippen MR) is 48.1 cm³/mol. The zero-order valence-electron chi connectivity index (χ0n) is 7.13. The molecule has 1 heterocycles. The van der Waals surface area contributed by atoms with Crippen molar-refractivity contribution in [1.29, 1.82) is 0 Å². The number of hydrogen-bond acceptors (Lipinski definition) is 3. The number of hydroxylamine groups is 1. The van der Waals surface area contributed by atoms with Gasteiger partial charge in [0.15, 0.2) is 0 Å². The van der Waals surface area contributed by atoms with Crippen molar-refractivity contribution in [3.8, 4) is 0 Å². The van der Waals surface area contributed by atoms with Gasteiger partial charge in [-0.05, 0) is 6.92 Å². The minimum absolute atomic E-state index is 0.343. The van der Waals surface area contributed by atoms with E-state index in [1.54, 1.807) is 0 Å². The van der Waals surface area contributed by atoms with Gasteiger partial charge in [-0.2, -0.15) is 5.10 Å². The van der Waals surface area contributed by atoms with Crippen LogP contribution in [0.15, 0.2) is 5.10 Å². The number of rotatable bonds is 2. The Balaban J connectivity index is 2.49. The number of carbonyl (C=O) groups is 1. The van der Waals surface area contributed by atoms with E-state index in [0.29, 0.717) is 18.1 Å². The van der Waals surface area contributed by atoms with E-state index in [9.17, 15) is 4.79 Å². The van der Waals surface area contributed by atoms with Crippen LogP contribution in [-0.2, 0) is 4.84 Å². The predicted octanol–water partition coefficient (Wildman–Crippen LogP) is -0.109. The van der Waals surface area contributed by atoms with Crippen molar-refractivity contribution < 1.29 is 9.63 Å².